The van der Waals surface area contributed by atoms with Crippen LogP contribution in [0.15, 0.2) is 24.5 Å². The fraction of sp³-hybridized carbons (Fsp3) is 0.500. The van der Waals surface area contributed by atoms with Gasteiger partial charge in [-0.25, -0.2) is 14.2 Å². The summed E-state index contributed by atoms with van der Waals surface area (Å²) in [5.74, 6) is 2.46. The van der Waals surface area contributed by atoms with Crippen molar-refractivity contribution in [3.8, 4) is 5.75 Å². The molecule has 5 rings (SSSR count). The van der Waals surface area contributed by atoms with Crippen LogP contribution in [0.2, 0.25) is 0 Å². The van der Waals surface area contributed by atoms with E-state index in [4.69, 9.17) is 9.52 Å². The topological polar surface area (TPSA) is 82.4 Å². The van der Waals surface area contributed by atoms with Crippen molar-refractivity contribution in [1.29, 1.82) is 4.78 Å². The second kappa shape index (κ2) is 6.70. The number of hydrogen-bond donors (Lipinski definition) is 1. The Kier molecular flexibility index (Phi) is 4.28. The van der Waals surface area contributed by atoms with Gasteiger partial charge in [0.1, 0.15) is 17.9 Å². The summed E-state index contributed by atoms with van der Waals surface area (Å²) in [6, 6.07) is 6.96. The lowest BCUT2D eigenvalue weighted by Crippen LogP contribution is -2.47. The maximum absolute atomic E-state index is 12.2. The summed E-state index contributed by atoms with van der Waals surface area (Å²) in [7, 11) is -2.58. The van der Waals surface area contributed by atoms with Crippen molar-refractivity contribution in [3.63, 3.8) is 0 Å². The van der Waals surface area contributed by atoms with E-state index in [0.717, 1.165) is 62.0 Å². The lowest BCUT2D eigenvalue weighted by atomic mass is 10.0. The first-order valence-corrected chi connectivity index (χ1v) is 11.7. The Morgan fingerprint density at radius 3 is 2.82 bits per heavy atom. The summed E-state index contributed by atoms with van der Waals surface area (Å²) in [5.41, 5.74) is 4.31. The lowest BCUT2D eigenvalue weighted by molar-refractivity contribution is 0.198. The zero-order valence-corrected chi connectivity index (χ0v) is 16.9. The minimum atomic E-state index is -2.58. The highest BCUT2D eigenvalue weighted by Gasteiger charge is 2.30. The molecule has 1 N–H and O–H groups in total. The molecule has 0 aliphatic carbocycles. The van der Waals surface area contributed by atoms with E-state index in [0.29, 0.717) is 6.04 Å². The third-order valence-corrected chi connectivity index (χ3v) is 7.62. The van der Waals surface area contributed by atoms with Gasteiger partial charge in [0.25, 0.3) is 0 Å². The molecular weight excluding hydrogens is 374 g/mol. The highest BCUT2D eigenvalue weighted by molar-refractivity contribution is 7.91. The molecule has 0 spiro atoms. The number of nitrogens with one attached hydrogen (secondary N) is 1. The van der Waals surface area contributed by atoms with Gasteiger partial charge in [0.2, 0.25) is 0 Å². The quantitative estimate of drug-likeness (QED) is 0.853. The molecule has 0 amide bonds. The Bertz CT molecular complexity index is 1020. The van der Waals surface area contributed by atoms with Gasteiger partial charge in [-0.15, -0.1) is 0 Å². The summed E-state index contributed by atoms with van der Waals surface area (Å²) in [6.07, 6.45) is 2.56. The molecular formula is C20H25N5O2S. The highest BCUT2D eigenvalue weighted by Crippen LogP contribution is 2.33. The molecule has 1 saturated heterocycles. The molecule has 28 heavy (non-hydrogen) atoms. The van der Waals surface area contributed by atoms with Crippen LogP contribution in [-0.4, -0.2) is 51.9 Å². The summed E-state index contributed by atoms with van der Waals surface area (Å²) in [6.45, 7) is 6.66. The monoisotopic (exact) mass is 399 g/mol. The van der Waals surface area contributed by atoms with Crippen LogP contribution in [0.1, 0.15) is 35.3 Å². The van der Waals surface area contributed by atoms with Gasteiger partial charge in [-0.2, -0.15) is 0 Å². The molecule has 4 heterocycles. The second-order valence-electron chi connectivity index (χ2n) is 7.89. The molecule has 2 atom stereocenters. The molecule has 0 saturated carbocycles. The number of anilines is 1. The molecule has 0 bridgehead atoms. The van der Waals surface area contributed by atoms with Crippen molar-refractivity contribution in [1.82, 2.24) is 14.9 Å². The molecule has 1 aromatic carbocycles. The van der Waals surface area contributed by atoms with E-state index in [-0.39, 0.29) is 11.5 Å². The van der Waals surface area contributed by atoms with Crippen LogP contribution in [0.5, 0.6) is 5.75 Å². The van der Waals surface area contributed by atoms with Crippen LogP contribution >= 0.6 is 0 Å². The first-order valence-electron chi connectivity index (χ1n) is 9.82. The number of rotatable bonds is 3. The molecule has 1 fully saturated rings. The van der Waals surface area contributed by atoms with E-state index >= 15 is 0 Å². The van der Waals surface area contributed by atoms with E-state index in [1.807, 2.05) is 0 Å². The van der Waals surface area contributed by atoms with Gasteiger partial charge in [-0.3, -0.25) is 9.68 Å². The number of piperazine rings is 1. The second-order valence-corrected chi connectivity index (χ2v) is 10.1. The third-order valence-electron chi connectivity index (χ3n) is 6.12. The smallest absolute Gasteiger partial charge is 0.136 e. The van der Waals surface area contributed by atoms with E-state index in [9.17, 15) is 4.21 Å². The average molecular weight is 400 g/mol. The SMILES string of the molecule is CC(c1ccc2c(c1)OCC2)N1CCN(c2ncnc3c2CS(=N)(=O)C3)CC1. The predicted molar refractivity (Wildman–Crippen MR) is 108 cm³/mol. The van der Waals surface area contributed by atoms with E-state index in [2.05, 4.69) is 44.9 Å². The molecule has 0 radical (unpaired) electrons. The van der Waals surface area contributed by atoms with Crippen molar-refractivity contribution in [3.05, 3.63) is 46.9 Å². The lowest BCUT2D eigenvalue weighted by Gasteiger charge is -2.39. The van der Waals surface area contributed by atoms with Gasteiger partial charge in [-0.1, -0.05) is 12.1 Å². The predicted octanol–water partition coefficient (Wildman–Crippen LogP) is 2.36. The Morgan fingerprint density at radius 2 is 2.00 bits per heavy atom. The molecule has 1 aromatic heterocycles. The van der Waals surface area contributed by atoms with E-state index < -0.39 is 9.73 Å². The van der Waals surface area contributed by atoms with Crippen LogP contribution < -0.4 is 9.64 Å². The van der Waals surface area contributed by atoms with Crippen molar-refractivity contribution in [2.75, 3.05) is 37.7 Å². The third kappa shape index (κ3) is 3.14. The van der Waals surface area contributed by atoms with E-state index in [1.165, 1.54) is 11.1 Å². The Labute approximate surface area is 165 Å². The molecule has 2 unspecified atom stereocenters. The highest BCUT2D eigenvalue weighted by atomic mass is 32.2. The molecule has 3 aliphatic rings. The van der Waals surface area contributed by atoms with Gasteiger partial charge in [0.15, 0.2) is 0 Å². The van der Waals surface area contributed by atoms with Gasteiger partial charge in [-0.05, 0) is 24.1 Å². The van der Waals surface area contributed by atoms with Crippen LogP contribution in [0, 0.1) is 4.78 Å². The number of ether oxygens (including phenoxy) is 1. The van der Waals surface area contributed by atoms with E-state index in [1.54, 1.807) is 6.33 Å². The largest absolute Gasteiger partial charge is 0.493 e. The van der Waals surface area contributed by atoms with Crippen molar-refractivity contribution >= 4 is 15.5 Å². The van der Waals surface area contributed by atoms with Crippen LogP contribution in [-0.2, 0) is 27.7 Å². The number of hydrogen-bond acceptors (Lipinski definition) is 7. The van der Waals surface area contributed by atoms with Crippen molar-refractivity contribution < 1.29 is 8.95 Å². The first kappa shape index (κ1) is 17.9. The first-order chi connectivity index (χ1) is 13.5. The van der Waals surface area contributed by atoms with Crippen LogP contribution in [0.4, 0.5) is 5.82 Å². The Morgan fingerprint density at radius 1 is 1.18 bits per heavy atom. The normalized spacial score (nSPS) is 25.2. The van der Waals surface area contributed by atoms with Crippen LogP contribution in [0.3, 0.4) is 0 Å². The maximum Gasteiger partial charge on any atom is 0.136 e. The molecule has 8 heteroatoms. The standard InChI is InChI=1S/C20H25N5O2S/c1-14(16-3-2-15-4-9-27-19(15)10-16)24-5-7-25(8-6-24)20-17-11-28(21,26)12-18(17)22-13-23-20/h2-3,10,13-14,21H,4-9,11-12H2,1H3. The number of fused-ring (bicyclic) bond motifs is 2. The zero-order valence-electron chi connectivity index (χ0n) is 16.1. The van der Waals surface area contributed by atoms with Crippen molar-refractivity contribution in [2.24, 2.45) is 0 Å². The molecule has 148 valence electrons. The number of aromatic nitrogens is 2. The Balaban J connectivity index is 1.29. The number of benzene rings is 1. The number of nitrogens with zero attached hydrogens (tertiary/aromatic N) is 4. The van der Waals surface area contributed by atoms with Gasteiger partial charge < -0.3 is 9.64 Å². The van der Waals surface area contributed by atoms with Crippen molar-refractivity contribution in [2.45, 2.75) is 30.9 Å². The summed E-state index contributed by atoms with van der Waals surface area (Å²) in [5, 5.41) is 0. The summed E-state index contributed by atoms with van der Waals surface area (Å²) in [4.78, 5) is 13.5. The summed E-state index contributed by atoms with van der Waals surface area (Å²) < 4.78 is 25.9. The average Bonchev–Trinajstić information content (AvgIpc) is 3.28. The Hall–Kier alpha value is -2.19. The zero-order chi connectivity index (χ0) is 19.3. The molecule has 2 aromatic rings. The van der Waals surface area contributed by atoms with Crippen LogP contribution in [0.25, 0.3) is 0 Å². The fourth-order valence-electron chi connectivity index (χ4n) is 4.46. The minimum Gasteiger partial charge on any atom is -0.493 e. The maximum atomic E-state index is 12.2. The van der Waals surface area contributed by atoms with Gasteiger partial charge >= 0.3 is 0 Å². The van der Waals surface area contributed by atoms with Gasteiger partial charge in [0.05, 0.1) is 33.5 Å². The molecule has 7 nitrogen and oxygen atoms in total. The molecule has 3 aliphatic heterocycles. The minimum absolute atomic E-state index is 0.259. The summed E-state index contributed by atoms with van der Waals surface area (Å²) >= 11 is 0. The van der Waals surface area contributed by atoms with Gasteiger partial charge in [0, 0.05) is 44.2 Å². The fourth-order valence-corrected chi connectivity index (χ4v) is 6.02.